The normalized spacial score (nSPS) is 12.6. The van der Waals surface area contributed by atoms with Crippen LogP contribution in [0.3, 0.4) is 0 Å². The van der Waals surface area contributed by atoms with Crippen molar-refractivity contribution in [3.8, 4) is 0 Å². The van der Waals surface area contributed by atoms with Crippen molar-refractivity contribution in [2.24, 2.45) is 0 Å². The molecule has 0 aliphatic carbocycles. The van der Waals surface area contributed by atoms with Crippen molar-refractivity contribution in [3.05, 3.63) is 55.6 Å². The highest BCUT2D eigenvalue weighted by Crippen LogP contribution is 2.21. The summed E-state index contributed by atoms with van der Waals surface area (Å²) in [6.45, 7) is 2.99. The lowest BCUT2D eigenvalue weighted by Crippen LogP contribution is -2.27. The average molecular weight is 345 g/mol. The number of hydrogen-bond acceptors (Lipinski definition) is 2. The van der Waals surface area contributed by atoms with Crippen LogP contribution in [0, 0.1) is 0 Å². The quantitative estimate of drug-likeness (QED) is 0.814. The molecule has 2 aromatic rings. The van der Waals surface area contributed by atoms with Crippen LogP contribution in [0.25, 0.3) is 0 Å². The molecule has 0 aliphatic rings. The van der Waals surface area contributed by atoms with E-state index in [1.807, 2.05) is 12.1 Å². The van der Waals surface area contributed by atoms with Gasteiger partial charge in [-0.25, -0.2) is 0 Å². The van der Waals surface area contributed by atoms with Gasteiger partial charge in [0.25, 0.3) is 0 Å². The number of thiophene rings is 1. The maximum Gasteiger partial charge on any atom is 0.0451 e. The van der Waals surface area contributed by atoms with Crippen LogP contribution in [0.1, 0.15) is 18.1 Å². The Morgan fingerprint density at radius 2 is 2.22 bits per heavy atom. The zero-order valence-corrected chi connectivity index (χ0v) is 13.3. The lowest BCUT2D eigenvalue weighted by molar-refractivity contribution is 0.546. The van der Waals surface area contributed by atoms with Gasteiger partial charge in [-0.15, -0.1) is 0 Å². The van der Waals surface area contributed by atoms with Crippen molar-refractivity contribution in [3.63, 3.8) is 0 Å². The lowest BCUT2D eigenvalue weighted by Gasteiger charge is -2.14. The van der Waals surface area contributed by atoms with Gasteiger partial charge in [0.2, 0.25) is 0 Å². The molecule has 0 saturated carbocycles. The Morgan fingerprint density at radius 1 is 1.39 bits per heavy atom. The largest absolute Gasteiger partial charge is 0.310 e. The van der Waals surface area contributed by atoms with E-state index in [9.17, 15) is 0 Å². The van der Waals surface area contributed by atoms with Crippen LogP contribution in [0.5, 0.6) is 0 Å². The van der Waals surface area contributed by atoms with Crippen molar-refractivity contribution >= 4 is 38.9 Å². The van der Waals surface area contributed by atoms with Crippen molar-refractivity contribution in [1.29, 1.82) is 0 Å². The fourth-order valence-electron chi connectivity index (χ4n) is 1.80. The molecule has 1 heterocycles. The van der Waals surface area contributed by atoms with Crippen LogP contribution >= 0.6 is 38.9 Å². The predicted molar refractivity (Wildman–Crippen MR) is 83.5 cm³/mol. The highest BCUT2D eigenvalue weighted by molar-refractivity contribution is 9.10. The van der Waals surface area contributed by atoms with Gasteiger partial charge in [-0.1, -0.05) is 27.5 Å². The minimum atomic E-state index is 0.439. The lowest BCUT2D eigenvalue weighted by atomic mass is 10.1. The van der Waals surface area contributed by atoms with Crippen LogP contribution < -0.4 is 5.32 Å². The van der Waals surface area contributed by atoms with Gasteiger partial charge < -0.3 is 5.32 Å². The molecular formula is C14H15BrClNS. The molecule has 2 rings (SSSR count). The molecule has 0 amide bonds. The van der Waals surface area contributed by atoms with Crippen LogP contribution in [0.15, 0.2) is 39.5 Å². The second kappa shape index (κ2) is 6.71. The van der Waals surface area contributed by atoms with Gasteiger partial charge in [0.15, 0.2) is 0 Å². The third-order valence-corrected chi connectivity index (χ3v) is 4.36. The molecule has 0 bridgehead atoms. The molecule has 4 heteroatoms. The summed E-state index contributed by atoms with van der Waals surface area (Å²) in [5, 5.41) is 8.63. The van der Waals surface area contributed by atoms with Crippen LogP contribution in [0.4, 0.5) is 0 Å². The maximum absolute atomic E-state index is 6.16. The second-order valence-electron chi connectivity index (χ2n) is 4.35. The topological polar surface area (TPSA) is 12.0 Å². The Balaban J connectivity index is 1.89. The summed E-state index contributed by atoms with van der Waals surface area (Å²) < 4.78 is 1.06. The fraction of sp³-hybridized carbons (Fsp3) is 0.286. The molecule has 1 atom stereocenters. The molecule has 1 unspecified atom stereocenters. The summed E-state index contributed by atoms with van der Waals surface area (Å²) in [6, 6.07) is 8.56. The van der Waals surface area contributed by atoms with E-state index < -0.39 is 0 Å². The monoisotopic (exact) mass is 343 g/mol. The van der Waals surface area contributed by atoms with E-state index in [0.717, 1.165) is 28.0 Å². The summed E-state index contributed by atoms with van der Waals surface area (Å²) in [5.41, 5.74) is 2.52. The third-order valence-electron chi connectivity index (χ3n) is 2.77. The molecule has 18 heavy (non-hydrogen) atoms. The van der Waals surface area contributed by atoms with Crippen molar-refractivity contribution < 1.29 is 0 Å². The minimum Gasteiger partial charge on any atom is -0.310 e. The zero-order valence-electron chi connectivity index (χ0n) is 10.1. The number of halogens is 2. The highest BCUT2D eigenvalue weighted by Gasteiger charge is 2.06. The summed E-state index contributed by atoms with van der Waals surface area (Å²) in [7, 11) is 0. The van der Waals surface area contributed by atoms with Gasteiger partial charge in [0, 0.05) is 22.1 Å². The summed E-state index contributed by atoms with van der Waals surface area (Å²) in [6.07, 6.45) is 1.05. The molecule has 0 aliphatic heterocycles. The summed E-state index contributed by atoms with van der Waals surface area (Å²) >= 11 is 11.4. The Labute approximate surface area is 125 Å². The first-order valence-electron chi connectivity index (χ1n) is 5.83. The number of hydrogen-bond donors (Lipinski definition) is 1. The number of rotatable bonds is 5. The van der Waals surface area contributed by atoms with Gasteiger partial charge in [0.1, 0.15) is 0 Å². The van der Waals surface area contributed by atoms with E-state index in [0.29, 0.717) is 6.04 Å². The average Bonchev–Trinajstić information content (AvgIpc) is 2.83. The number of nitrogens with one attached hydrogen (secondary N) is 1. The van der Waals surface area contributed by atoms with E-state index in [-0.39, 0.29) is 0 Å². The van der Waals surface area contributed by atoms with Gasteiger partial charge in [-0.2, -0.15) is 11.3 Å². The maximum atomic E-state index is 6.16. The van der Waals surface area contributed by atoms with Crippen molar-refractivity contribution in [1.82, 2.24) is 5.32 Å². The highest BCUT2D eigenvalue weighted by atomic mass is 79.9. The van der Waals surface area contributed by atoms with E-state index >= 15 is 0 Å². The molecule has 1 nitrogen and oxygen atoms in total. The number of benzene rings is 1. The smallest absolute Gasteiger partial charge is 0.0451 e. The molecule has 1 N–H and O–H groups in total. The van der Waals surface area contributed by atoms with E-state index in [4.69, 9.17) is 11.6 Å². The van der Waals surface area contributed by atoms with E-state index in [2.05, 4.69) is 51.1 Å². The van der Waals surface area contributed by atoms with Gasteiger partial charge in [-0.3, -0.25) is 0 Å². The standard InChI is InChI=1S/C14H15BrClNS/c1-10(6-11-4-5-18-9-11)17-8-12-7-13(15)2-3-14(12)16/h2-5,7,9-10,17H,6,8H2,1H3. The van der Waals surface area contributed by atoms with Crippen molar-refractivity contribution in [2.45, 2.75) is 25.9 Å². The Morgan fingerprint density at radius 3 is 2.94 bits per heavy atom. The third kappa shape index (κ3) is 4.09. The molecule has 0 radical (unpaired) electrons. The summed E-state index contributed by atoms with van der Waals surface area (Å²) in [4.78, 5) is 0. The van der Waals surface area contributed by atoms with E-state index in [1.165, 1.54) is 5.56 Å². The Kier molecular flexibility index (Phi) is 5.25. The van der Waals surface area contributed by atoms with Crippen LogP contribution in [-0.2, 0) is 13.0 Å². The molecular weight excluding hydrogens is 330 g/mol. The first-order chi connectivity index (χ1) is 8.65. The van der Waals surface area contributed by atoms with Gasteiger partial charge in [0.05, 0.1) is 0 Å². The predicted octanol–water partition coefficient (Wildman–Crippen LogP) is 4.88. The summed E-state index contributed by atoms with van der Waals surface area (Å²) in [5.74, 6) is 0. The first-order valence-corrected chi connectivity index (χ1v) is 7.95. The molecule has 0 fully saturated rings. The SMILES string of the molecule is CC(Cc1ccsc1)NCc1cc(Br)ccc1Cl. The molecule has 1 aromatic heterocycles. The zero-order chi connectivity index (χ0) is 13.0. The Hall–Kier alpha value is -0.350. The van der Waals surface area contributed by atoms with Crippen molar-refractivity contribution in [2.75, 3.05) is 0 Å². The van der Waals surface area contributed by atoms with Gasteiger partial charge in [-0.05, 0) is 59.5 Å². The Bertz CT molecular complexity index is 499. The second-order valence-corrected chi connectivity index (χ2v) is 6.46. The first kappa shape index (κ1) is 14.1. The molecule has 96 valence electrons. The molecule has 0 spiro atoms. The molecule has 0 saturated heterocycles. The van der Waals surface area contributed by atoms with Crippen LogP contribution in [0.2, 0.25) is 5.02 Å². The molecule has 1 aromatic carbocycles. The van der Waals surface area contributed by atoms with Crippen LogP contribution in [-0.4, -0.2) is 6.04 Å². The minimum absolute atomic E-state index is 0.439. The fourth-order valence-corrected chi connectivity index (χ4v) is 3.07. The van der Waals surface area contributed by atoms with E-state index in [1.54, 1.807) is 11.3 Å². The van der Waals surface area contributed by atoms with Gasteiger partial charge >= 0.3 is 0 Å².